The van der Waals surface area contributed by atoms with Gasteiger partial charge in [-0.1, -0.05) is 12.1 Å². The first-order valence-electron chi connectivity index (χ1n) is 12.6. The molecule has 0 saturated carbocycles. The number of nitrogens with zero attached hydrogens (tertiary/aromatic N) is 4. The minimum Gasteiger partial charge on any atom is -0.356 e. The second-order valence-corrected chi connectivity index (χ2v) is 10.5. The molecule has 0 saturated heterocycles. The van der Waals surface area contributed by atoms with Gasteiger partial charge < -0.3 is 30.4 Å². The molecule has 1 aromatic heterocycles. The number of amides is 3. The van der Waals surface area contributed by atoms with Crippen LogP contribution in [0, 0.1) is 6.92 Å². The summed E-state index contributed by atoms with van der Waals surface area (Å²) in [4.78, 5) is 47.8. The fraction of sp³-hybridized carbons (Fsp3) is 0.286. The number of nitrogens with one attached hydrogen (secondary N) is 2. The molecular weight excluding hydrogens is 484 g/mol. The fourth-order valence-corrected chi connectivity index (χ4v) is 6.33. The monoisotopic (exact) mass is 510 g/mol. The maximum Gasteiger partial charge on any atom is 0.246 e. The van der Waals surface area contributed by atoms with E-state index >= 15 is 0 Å². The molecule has 0 radical (unpaired) electrons. The normalized spacial score (nSPS) is 22.5. The zero-order chi connectivity index (χ0) is 26.3. The standard InChI is InChI=1S/C28H26N6O4/c1-15-8-20-24-21(9-15)33(27(38)34(24)14-23(36)32(20)2)13-22(35)30-18-6-5-16-11-28(12-17(16)10-18)19-4-3-7-29-25(19)31-26(28)37/h3-10,27,38H,11-14H2,1-2H3,(H,30,35)(H,29,31,37). The van der Waals surface area contributed by atoms with Crippen molar-refractivity contribution in [3.8, 4) is 0 Å². The molecule has 38 heavy (non-hydrogen) atoms. The van der Waals surface area contributed by atoms with Gasteiger partial charge in [-0.3, -0.25) is 14.4 Å². The molecule has 7 rings (SSSR count). The van der Waals surface area contributed by atoms with Crippen molar-refractivity contribution in [2.75, 3.05) is 45.5 Å². The molecule has 0 bridgehead atoms. The highest BCUT2D eigenvalue weighted by atomic mass is 16.3. The SMILES string of the molecule is Cc1cc2c3c(c1)N(CC(=O)Nc1ccc4c(c1)CC1(C4)C(=O)Nc4ncccc41)C(O)N3CC(=O)N2C. The van der Waals surface area contributed by atoms with Crippen LogP contribution < -0.4 is 25.3 Å². The lowest BCUT2D eigenvalue weighted by molar-refractivity contribution is -0.120. The molecule has 3 aliphatic heterocycles. The minimum absolute atomic E-state index is 0.0393. The number of pyridine rings is 1. The van der Waals surface area contributed by atoms with Gasteiger partial charge in [0.1, 0.15) is 18.9 Å². The maximum absolute atomic E-state index is 13.2. The van der Waals surface area contributed by atoms with Crippen molar-refractivity contribution in [1.29, 1.82) is 0 Å². The fourth-order valence-electron chi connectivity index (χ4n) is 6.33. The van der Waals surface area contributed by atoms with Gasteiger partial charge in [0.05, 0.1) is 22.5 Å². The Kier molecular flexibility index (Phi) is 4.66. The van der Waals surface area contributed by atoms with E-state index in [0.717, 1.165) is 39.3 Å². The number of aryl methyl sites for hydroxylation is 1. The molecule has 3 aromatic rings. The van der Waals surface area contributed by atoms with Crippen LogP contribution in [0.5, 0.6) is 0 Å². The number of fused-ring (bicyclic) bond motifs is 3. The number of aliphatic hydroxyl groups excluding tert-OH is 1. The molecule has 2 unspecified atom stereocenters. The number of rotatable bonds is 3. The average molecular weight is 511 g/mol. The molecule has 2 aromatic carbocycles. The first-order valence-corrected chi connectivity index (χ1v) is 12.6. The van der Waals surface area contributed by atoms with Crippen molar-refractivity contribution in [2.45, 2.75) is 31.5 Å². The third-order valence-electron chi connectivity index (χ3n) is 8.19. The molecule has 10 heteroatoms. The van der Waals surface area contributed by atoms with Crippen LogP contribution in [-0.2, 0) is 32.6 Å². The zero-order valence-electron chi connectivity index (χ0n) is 21.0. The van der Waals surface area contributed by atoms with Crippen molar-refractivity contribution < 1.29 is 19.5 Å². The number of likely N-dealkylation sites (N-methyl/N-ethyl adjacent to an activating group) is 1. The van der Waals surface area contributed by atoms with Crippen molar-refractivity contribution in [1.82, 2.24) is 4.98 Å². The molecule has 4 aliphatic rings. The van der Waals surface area contributed by atoms with Gasteiger partial charge in [-0.2, -0.15) is 0 Å². The van der Waals surface area contributed by atoms with Crippen molar-refractivity contribution in [2.24, 2.45) is 0 Å². The Bertz CT molecular complexity index is 1570. The van der Waals surface area contributed by atoms with Gasteiger partial charge in [0, 0.05) is 24.5 Å². The molecule has 1 aliphatic carbocycles. The highest BCUT2D eigenvalue weighted by molar-refractivity contribution is 6.08. The van der Waals surface area contributed by atoms with E-state index in [0.29, 0.717) is 24.3 Å². The first kappa shape index (κ1) is 22.7. The Morgan fingerprint density at radius 1 is 1.16 bits per heavy atom. The Balaban J connectivity index is 1.12. The molecular formula is C28H26N6O4. The highest BCUT2D eigenvalue weighted by Crippen LogP contribution is 2.49. The third kappa shape index (κ3) is 3.10. The van der Waals surface area contributed by atoms with Gasteiger partial charge in [-0.15, -0.1) is 0 Å². The van der Waals surface area contributed by atoms with Crippen molar-refractivity contribution in [3.05, 3.63) is 70.9 Å². The number of benzene rings is 2. The van der Waals surface area contributed by atoms with E-state index in [1.807, 2.05) is 49.4 Å². The largest absolute Gasteiger partial charge is 0.356 e. The number of hydrogen-bond donors (Lipinski definition) is 3. The second-order valence-electron chi connectivity index (χ2n) is 10.5. The van der Waals surface area contributed by atoms with Gasteiger partial charge in [0.2, 0.25) is 24.1 Å². The summed E-state index contributed by atoms with van der Waals surface area (Å²) < 4.78 is 0. The summed E-state index contributed by atoms with van der Waals surface area (Å²) in [7, 11) is 1.72. The molecule has 192 valence electrons. The number of aliphatic hydroxyl groups is 1. The Morgan fingerprint density at radius 2 is 1.95 bits per heavy atom. The summed E-state index contributed by atoms with van der Waals surface area (Å²) in [5, 5.41) is 16.9. The Labute approximate surface area is 218 Å². The average Bonchev–Trinajstić information content (AvgIpc) is 3.49. The Hall–Kier alpha value is -4.44. The van der Waals surface area contributed by atoms with E-state index in [9.17, 15) is 19.5 Å². The van der Waals surface area contributed by atoms with Crippen molar-refractivity contribution in [3.63, 3.8) is 0 Å². The second kappa shape index (κ2) is 7.78. The summed E-state index contributed by atoms with van der Waals surface area (Å²) >= 11 is 0. The summed E-state index contributed by atoms with van der Waals surface area (Å²) in [5.41, 5.74) is 6.08. The maximum atomic E-state index is 13.2. The van der Waals surface area contributed by atoms with Gasteiger partial charge >= 0.3 is 0 Å². The molecule has 2 atom stereocenters. The molecule has 3 amide bonds. The lowest BCUT2D eigenvalue weighted by Crippen LogP contribution is -2.51. The van der Waals surface area contributed by atoms with Crippen LogP contribution in [0.1, 0.15) is 22.3 Å². The van der Waals surface area contributed by atoms with Gasteiger partial charge in [0.15, 0.2) is 0 Å². The van der Waals surface area contributed by atoms with E-state index in [2.05, 4.69) is 15.6 Å². The van der Waals surface area contributed by atoms with Gasteiger partial charge in [-0.25, -0.2) is 4.98 Å². The zero-order valence-corrected chi connectivity index (χ0v) is 21.0. The topological polar surface area (TPSA) is 118 Å². The van der Waals surface area contributed by atoms with Crippen LogP contribution in [0.3, 0.4) is 0 Å². The number of anilines is 5. The molecule has 3 N–H and O–H groups in total. The molecule has 1 spiro atoms. The number of carbonyl (C=O) groups excluding carboxylic acids is 3. The summed E-state index contributed by atoms with van der Waals surface area (Å²) in [6, 6.07) is 13.4. The van der Waals surface area contributed by atoms with E-state index < -0.39 is 11.8 Å². The quantitative estimate of drug-likeness (QED) is 0.493. The van der Waals surface area contributed by atoms with Crippen LogP contribution in [0.25, 0.3) is 0 Å². The molecule has 0 fully saturated rings. The first-order chi connectivity index (χ1) is 18.2. The van der Waals surface area contributed by atoms with E-state index in [4.69, 9.17) is 0 Å². The third-order valence-corrected chi connectivity index (χ3v) is 8.19. The lowest BCUT2D eigenvalue weighted by atomic mass is 9.79. The highest BCUT2D eigenvalue weighted by Gasteiger charge is 2.51. The Morgan fingerprint density at radius 3 is 2.79 bits per heavy atom. The lowest BCUT2D eigenvalue weighted by Gasteiger charge is -2.34. The predicted octanol–water partition coefficient (Wildman–Crippen LogP) is 1.90. The molecule has 4 heterocycles. The van der Waals surface area contributed by atoms with Crippen molar-refractivity contribution >= 4 is 46.3 Å². The summed E-state index contributed by atoms with van der Waals surface area (Å²) in [5.74, 6) is 0.160. The molecule has 10 nitrogen and oxygen atoms in total. The van der Waals surface area contributed by atoms with E-state index in [-0.39, 0.29) is 30.8 Å². The smallest absolute Gasteiger partial charge is 0.246 e. The van der Waals surface area contributed by atoms with Crippen LogP contribution in [0.2, 0.25) is 0 Å². The summed E-state index contributed by atoms with van der Waals surface area (Å²) in [6.45, 7) is 1.87. The number of aromatic nitrogens is 1. The number of carbonyl (C=O) groups is 3. The van der Waals surface area contributed by atoms with E-state index in [1.165, 1.54) is 0 Å². The van der Waals surface area contributed by atoms with Gasteiger partial charge in [0.25, 0.3) is 0 Å². The predicted molar refractivity (Wildman–Crippen MR) is 142 cm³/mol. The van der Waals surface area contributed by atoms with Crippen LogP contribution >= 0.6 is 0 Å². The summed E-state index contributed by atoms with van der Waals surface area (Å²) in [6.07, 6.45) is 1.67. The number of hydrogen-bond acceptors (Lipinski definition) is 7. The minimum atomic E-state index is -1.12. The van der Waals surface area contributed by atoms with Gasteiger partial charge in [-0.05, 0) is 66.8 Å². The van der Waals surface area contributed by atoms with E-state index in [1.54, 1.807) is 27.9 Å². The van der Waals surface area contributed by atoms with Crippen LogP contribution in [-0.4, -0.2) is 54.3 Å². The van der Waals surface area contributed by atoms with Crippen LogP contribution in [0.15, 0.2) is 48.7 Å². The van der Waals surface area contributed by atoms with Crippen LogP contribution in [0.4, 0.5) is 28.6 Å².